The molecule has 0 saturated heterocycles. The van der Waals surface area contributed by atoms with E-state index in [2.05, 4.69) is 185 Å². The van der Waals surface area contributed by atoms with Crippen LogP contribution in [0.15, 0.2) is 139 Å². The quantitative estimate of drug-likeness (QED) is 0.171. The van der Waals surface area contributed by atoms with E-state index in [0.717, 1.165) is 34.0 Å². The fourth-order valence-electron chi connectivity index (χ4n) is 6.46. The van der Waals surface area contributed by atoms with Crippen LogP contribution in [0.4, 0.5) is 28.4 Å². The molecule has 0 aliphatic heterocycles. The summed E-state index contributed by atoms with van der Waals surface area (Å²) < 4.78 is 1.26. The second-order valence-electron chi connectivity index (χ2n) is 14.5. The minimum atomic E-state index is 0.0381. The summed E-state index contributed by atoms with van der Waals surface area (Å²) in [5.41, 5.74) is 13.6. The molecule has 4 heteroatoms. The molecular weight excluding hydrogens is 648 g/mol. The SMILES string of the molecule is Cc1cc(Nc2ccc(-c3ccc(-c4ccccc4)cc3)cc2)c(Cl)c(N(c2ccc(C(C)C)cc2)c2csc3ccc(C(C)(C)C)cc23)c1. The van der Waals surface area contributed by atoms with Crippen molar-refractivity contribution in [3.05, 3.63) is 161 Å². The van der Waals surface area contributed by atoms with Crippen molar-refractivity contribution >= 4 is 61.5 Å². The number of benzene rings is 6. The third-order valence-electron chi connectivity index (χ3n) is 9.41. The molecule has 0 aliphatic rings. The summed E-state index contributed by atoms with van der Waals surface area (Å²) in [4.78, 5) is 2.33. The van der Waals surface area contributed by atoms with Crippen molar-refractivity contribution in [1.82, 2.24) is 0 Å². The lowest BCUT2D eigenvalue weighted by molar-refractivity contribution is 0.591. The van der Waals surface area contributed by atoms with Crippen LogP contribution < -0.4 is 10.2 Å². The van der Waals surface area contributed by atoms with Gasteiger partial charge in [-0.15, -0.1) is 11.3 Å². The number of hydrogen-bond acceptors (Lipinski definition) is 3. The molecule has 50 heavy (non-hydrogen) atoms. The lowest BCUT2D eigenvalue weighted by Gasteiger charge is -2.28. The van der Waals surface area contributed by atoms with Crippen molar-refractivity contribution < 1.29 is 0 Å². The van der Waals surface area contributed by atoms with Gasteiger partial charge in [0, 0.05) is 26.8 Å². The Hall–Kier alpha value is -4.83. The van der Waals surface area contributed by atoms with Gasteiger partial charge in [0.1, 0.15) is 0 Å². The number of thiophene rings is 1. The number of hydrogen-bond donors (Lipinski definition) is 1. The summed E-state index contributed by atoms with van der Waals surface area (Å²) in [6.45, 7) is 13.4. The number of halogens is 1. The lowest BCUT2D eigenvalue weighted by atomic mass is 9.86. The Kier molecular flexibility index (Phi) is 9.30. The van der Waals surface area contributed by atoms with Crippen LogP contribution in [0.3, 0.4) is 0 Å². The molecule has 0 amide bonds. The molecule has 0 aliphatic carbocycles. The molecule has 0 saturated carbocycles. The van der Waals surface area contributed by atoms with Crippen LogP contribution in [0.2, 0.25) is 5.02 Å². The molecule has 0 fully saturated rings. The standard InChI is InChI=1S/C46H43ClN2S/c1-30(2)32-18-23-39(24-19-32)49(43-29-50-44-25-20-37(28-40(43)44)46(4,5)6)42-27-31(3)26-41(45(42)47)48-38-21-16-36(17-22-38)35-14-12-34(13-15-35)33-10-8-7-9-11-33/h7-30,48H,1-6H3. The van der Waals surface area contributed by atoms with Crippen molar-refractivity contribution in [3.8, 4) is 22.3 Å². The van der Waals surface area contributed by atoms with E-state index in [1.807, 2.05) is 6.07 Å². The van der Waals surface area contributed by atoms with E-state index >= 15 is 0 Å². The van der Waals surface area contributed by atoms with Crippen LogP contribution >= 0.6 is 22.9 Å². The van der Waals surface area contributed by atoms with Gasteiger partial charge in [0.05, 0.1) is 22.1 Å². The molecule has 1 heterocycles. The molecule has 7 rings (SSSR count). The molecule has 1 N–H and O–H groups in total. The maximum Gasteiger partial charge on any atom is 0.0881 e. The molecule has 6 aromatic carbocycles. The highest BCUT2D eigenvalue weighted by Crippen LogP contribution is 2.47. The number of anilines is 5. The number of nitrogens with zero attached hydrogens (tertiary/aromatic N) is 1. The first-order chi connectivity index (χ1) is 24.0. The predicted molar refractivity (Wildman–Crippen MR) is 220 cm³/mol. The van der Waals surface area contributed by atoms with E-state index < -0.39 is 0 Å². The van der Waals surface area contributed by atoms with E-state index in [1.165, 1.54) is 43.5 Å². The van der Waals surface area contributed by atoms with Crippen LogP contribution in [0.1, 0.15) is 57.2 Å². The second-order valence-corrected chi connectivity index (χ2v) is 15.7. The van der Waals surface area contributed by atoms with Crippen molar-refractivity contribution in [1.29, 1.82) is 0 Å². The first kappa shape index (κ1) is 33.7. The van der Waals surface area contributed by atoms with Crippen LogP contribution in [0, 0.1) is 6.92 Å². The number of fused-ring (bicyclic) bond motifs is 1. The van der Waals surface area contributed by atoms with Gasteiger partial charge in [-0.25, -0.2) is 0 Å². The number of rotatable bonds is 8. The average Bonchev–Trinajstić information content (AvgIpc) is 3.54. The van der Waals surface area contributed by atoms with E-state index in [0.29, 0.717) is 10.9 Å². The molecule has 1 aromatic heterocycles. The van der Waals surface area contributed by atoms with Crippen LogP contribution in [0.25, 0.3) is 32.3 Å². The average molecular weight is 691 g/mol. The highest BCUT2D eigenvalue weighted by molar-refractivity contribution is 7.17. The largest absolute Gasteiger partial charge is 0.354 e. The zero-order chi connectivity index (χ0) is 35.0. The first-order valence-corrected chi connectivity index (χ1v) is 18.6. The lowest BCUT2D eigenvalue weighted by Crippen LogP contribution is -2.12. The zero-order valence-corrected chi connectivity index (χ0v) is 31.2. The Labute approximate surface area is 306 Å². The number of aryl methyl sites for hydroxylation is 1. The summed E-state index contributed by atoms with van der Waals surface area (Å²) >= 11 is 9.20. The monoisotopic (exact) mass is 690 g/mol. The first-order valence-electron chi connectivity index (χ1n) is 17.3. The van der Waals surface area contributed by atoms with Gasteiger partial charge in [-0.05, 0) is 106 Å². The van der Waals surface area contributed by atoms with Gasteiger partial charge in [0.25, 0.3) is 0 Å². The third kappa shape index (κ3) is 6.94. The zero-order valence-electron chi connectivity index (χ0n) is 29.6. The van der Waals surface area contributed by atoms with Gasteiger partial charge in [-0.2, -0.15) is 0 Å². The van der Waals surface area contributed by atoms with Gasteiger partial charge in [-0.3, -0.25) is 0 Å². The summed E-state index contributed by atoms with van der Waals surface area (Å²) in [6, 6.07) is 48.0. The van der Waals surface area contributed by atoms with Crippen LogP contribution in [-0.4, -0.2) is 0 Å². The Morgan fingerprint density at radius 1 is 0.660 bits per heavy atom. The van der Waals surface area contributed by atoms with E-state index in [-0.39, 0.29) is 5.41 Å². The fourth-order valence-corrected chi connectivity index (χ4v) is 7.61. The molecule has 0 spiro atoms. The Bertz CT molecular complexity index is 2240. The summed E-state index contributed by atoms with van der Waals surface area (Å²) in [5.74, 6) is 0.451. The van der Waals surface area contributed by atoms with Crippen LogP contribution in [-0.2, 0) is 5.41 Å². The van der Waals surface area contributed by atoms with Crippen molar-refractivity contribution in [2.45, 2.75) is 52.9 Å². The van der Waals surface area contributed by atoms with Crippen molar-refractivity contribution in [3.63, 3.8) is 0 Å². The summed E-state index contributed by atoms with van der Waals surface area (Å²) in [7, 11) is 0. The Morgan fingerprint density at radius 2 is 1.26 bits per heavy atom. The van der Waals surface area contributed by atoms with Crippen molar-refractivity contribution in [2.75, 3.05) is 10.2 Å². The fraction of sp³-hybridized carbons (Fsp3) is 0.174. The predicted octanol–water partition coefficient (Wildman–Crippen LogP) is 14.8. The molecule has 0 radical (unpaired) electrons. The number of nitrogens with one attached hydrogen (secondary N) is 1. The minimum Gasteiger partial charge on any atom is -0.354 e. The maximum atomic E-state index is 7.42. The molecule has 2 nitrogen and oxygen atoms in total. The summed E-state index contributed by atoms with van der Waals surface area (Å²) in [5, 5.41) is 7.82. The summed E-state index contributed by atoms with van der Waals surface area (Å²) in [6.07, 6.45) is 0. The van der Waals surface area contributed by atoms with E-state index in [9.17, 15) is 0 Å². The minimum absolute atomic E-state index is 0.0381. The third-order valence-corrected chi connectivity index (χ3v) is 10.8. The van der Waals surface area contributed by atoms with E-state index in [4.69, 9.17) is 11.6 Å². The van der Waals surface area contributed by atoms with Gasteiger partial charge < -0.3 is 10.2 Å². The Balaban J connectivity index is 1.25. The smallest absolute Gasteiger partial charge is 0.0881 e. The maximum absolute atomic E-state index is 7.42. The van der Waals surface area contributed by atoms with Gasteiger partial charge in [0.15, 0.2) is 0 Å². The Morgan fingerprint density at radius 3 is 1.86 bits per heavy atom. The highest BCUT2D eigenvalue weighted by Gasteiger charge is 2.23. The highest BCUT2D eigenvalue weighted by atomic mass is 35.5. The molecular formula is C46H43ClN2S. The second kappa shape index (κ2) is 13.8. The topological polar surface area (TPSA) is 15.3 Å². The van der Waals surface area contributed by atoms with Crippen molar-refractivity contribution in [2.24, 2.45) is 0 Å². The molecule has 0 atom stereocenters. The van der Waals surface area contributed by atoms with Crippen LogP contribution in [0.5, 0.6) is 0 Å². The van der Waals surface area contributed by atoms with Gasteiger partial charge >= 0.3 is 0 Å². The molecule has 0 bridgehead atoms. The van der Waals surface area contributed by atoms with Gasteiger partial charge in [0.2, 0.25) is 0 Å². The normalized spacial score (nSPS) is 11.7. The van der Waals surface area contributed by atoms with E-state index in [1.54, 1.807) is 11.3 Å². The molecule has 250 valence electrons. The molecule has 0 unspecified atom stereocenters. The molecule has 7 aromatic rings. The van der Waals surface area contributed by atoms with Gasteiger partial charge in [-0.1, -0.05) is 131 Å².